The third kappa shape index (κ3) is 7.78. The summed E-state index contributed by atoms with van der Waals surface area (Å²) >= 11 is 0. The third-order valence-corrected chi connectivity index (χ3v) is 1.69. The van der Waals surface area contributed by atoms with Crippen molar-refractivity contribution in [3.63, 3.8) is 0 Å². The zero-order chi connectivity index (χ0) is 10.3. The normalized spacial score (nSPS) is 16.7. The summed E-state index contributed by atoms with van der Waals surface area (Å²) in [4.78, 5) is 10.5. The second-order valence-corrected chi connectivity index (χ2v) is 3.58. The maximum absolute atomic E-state index is 10.5. The summed E-state index contributed by atoms with van der Waals surface area (Å²) in [5.74, 6) is -0.565. The van der Waals surface area contributed by atoms with Gasteiger partial charge in [-0.05, 0) is 20.8 Å². The fraction of sp³-hybridized carbons (Fsp3) is 0.900. The molecule has 78 valence electrons. The lowest BCUT2D eigenvalue weighted by atomic mass is 10.0. The molecule has 1 unspecified atom stereocenters. The first-order chi connectivity index (χ1) is 6.04. The lowest BCUT2D eigenvalue weighted by Crippen LogP contribution is -2.22. The van der Waals surface area contributed by atoms with Gasteiger partial charge in [0.2, 0.25) is 0 Å². The standard InChI is InChI=1S/C6H12O3.C4H8/c1-4(2)9-6(8)5(3)7;1-2-4-3-1/h4-5,7H,1-3H3;1-4H2. The van der Waals surface area contributed by atoms with Gasteiger partial charge < -0.3 is 9.84 Å². The second-order valence-electron chi connectivity index (χ2n) is 3.58. The van der Waals surface area contributed by atoms with E-state index >= 15 is 0 Å². The maximum Gasteiger partial charge on any atom is 0.334 e. The van der Waals surface area contributed by atoms with Crippen molar-refractivity contribution in [1.82, 2.24) is 0 Å². The number of aliphatic hydroxyl groups is 1. The van der Waals surface area contributed by atoms with E-state index in [1.807, 2.05) is 0 Å². The molecule has 0 heterocycles. The number of aliphatic hydroxyl groups excluding tert-OH is 1. The quantitative estimate of drug-likeness (QED) is 0.673. The van der Waals surface area contributed by atoms with E-state index in [1.165, 1.54) is 32.6 Å². The van der Waals surface area contributed by atoms with Crippen LogP contribution in [0.2, 0.25) is 0 Å². The Morgan fingerprint density at radius 1 is 1.15 bits per heavy atom. The van der Waals surface area contributed by atoms with Crippen molar-refractivity contribution in [2.75, 3.05) is 0 Å². The van der Waals surface area contributed by atoms with Crippen molar-refractivity contribution in [3.05, 3.63) is 0 Å². The molecular weight excluding hydrogens is 168 g/mol. The molecular formula is C10H20O3. The van der Waals surface area contributed by atoms with Crippen LogP contribution in [0.5, 0.6) is 0 Å². The highest BCUT2D eigenvalue weighted by Crippen LogP contribution is 2.15. The first-order valence-corrected chi connectivity index (χ1v) is 4.92. The smallest absolute Gasteiger partial charge is 0.334 e. The molecule has 0 radical (unpaired) electrons. The Kier molecular flexibility index (Phi) is 6.59. The number of esters is 1. The number of ether oxygens (including phenoxy) is 1. The molecule has 1 atom stereocenters. The number of hydrogen-bond acceptors (Lipinski definition) is 3. The average molecular weight is 188 g/mol. The average Bonchev–Trinajstić information content (AvgIpc) is 1.80. The summed E-state index contributed by atoms with van der Waals surface area (Å²) in [5, 5.41) is 8.60. The first-order valence-electron chi connectivity index (χ1n) is 4.92. The minimum atomic E-state index is -1.01. The van der Waals surface area contributed by atoms with E-state index in [4.69, 9.17) is 5.11 Å². The van der Waals surface area contributed by atoms with Crippen LogP contribution in [0.3, 0.4) is 0 Å². The summed E-state index contributed by atoms with van der Waals surface area (Å²) < 4.78 is 4.62. The van der Waals surface area contributed by atoms with E-state index in [-0.39, 0.29) is 6.10 Å². The minimum Gasteiger partial charge on any atom is -0.461 e. The molecule has 0 aromatic rings. The topological polar surface area (TPSA) is 46.5 Å². The third-order valence-electron chi connectivity index (χ3n) is 1.69. The first kappa shape index (κ1) is 12.4. The van der Waals surface area contributed by atoms with E-state index < -0.39 is 12.1 Å². The van der Waals surface area contributed by atoms with Gasteiger partial charge in [0.1, 0.15) is 6.10 Å². The van der Waals surface area contributed by atoms with Crippen LogP contribution in [0.15, 0.2) is 0 Å². The fourth-order valence-electron chi connectivity index (χ4n) is 0.581. The van der Waals surface area contributed by atoms with E-state index in [9.17, 15) is 4.79 Å². The number of rotatable bonds is 2. The highest BCUT2D eigenvalue weighted by atomic mass is 16.6. The summed E-state index contributed by atoms with van der Waals surface area (Å²) in [5.41, 5.74) is 0. The molecule has 0 saturated heterocycles. The molecule has 0 aliphatic heterocycles. The molecule has 1 aliphatic carbocycles. The fourth-order valence-corrected chi connectivity index (χ4v) is 0.581. The largest absolute Gasteiger partial charge is 0.461 e. The van der Waals surface area contributed by atoms with Gasteiger partial charge in [-0.15, -0.1) is 0 Å². The lowest BCUT2D eigenvalue weighted by molar-refractivity contribution is -0.156. The minimum absolute atomic E-state index is 0.146. The van der Waals surface area contributed by atoms with Crippen molar-refractivity contribution >= 4 is 5.97 Å². The van der Waals surface area contributed by atoms with Crippen LogP contribution in [0.25, 0.3) is 0 Å². The summed E-state index contributed by atoms with van der Waals surface area (Å²) in [7, 11) is 0. The summed E-state index contributed by atoms with van der Waals surface area (Å²) in [6.45, 7) is 4.85. The summed E-state index contributed by atoms with van der Waals surface area (Å²) in [6, 6.07) is 0. The Morgan fingerprint density at radius 2 is 1.54 bits per heavy atom. The van der Waals surface area contributed by atoms with Gasteiger partial charge in [0.15, 0.2) is 0 Å². The SMILES string of the molecule is C1CCC1.CC(C)OC(=O)C(C)O. The monoisotopic (exact) mass is 188 g/mol. The molecule has 1 N–H and O–H groups in total. The van der Waals surface area contributed by atoms with Crippen LogP contribution in [0.1, 0.15) is 46.5 Å². The predicted octanol–water partition coefficient (Wildman–Crippen LogP) is 1.88. The van der Waals surface area contributed by atoms with Crippen molar-refractivity contribution in [3.8, 4) is 0 Å². The van der Waals surface area contributed by atoms with E-state index in [0.29, 0.717) is 0 Å². The number of carbonyl (C=O) groups excluding carboxylic acids is 1. The highest BCUT2D eigenvalue weighted by molar-refractivity contribution is 5.73. The molecule has 0 amide bonds. The van der Waals surface area contributed by atoms with Gasteiger partial charge in [0.05, 0.1) is 6.10 Å². The molecule has 1 aliphatic rings. The van der Waals surface area contributed by atoms with Crippen LogP contribution in [0.4, 0.5) is 0 Å². The van der Waals surface area contributed by atoms with Gasteiger partial charge >= 0.3 is 5.97 Å². The zero-order valence-electron chi connectivity index (χ0n) is 8.75. The molecule has 1 rings (SSSR count). The predicted molar refractivity (Wildman–Crippen MR) is 51.4 cm³/mol. The van der Waals surface area contributed by atoms with Gasteiger partial charge in [-0.3, -0.25) is 0 Å². The lowest BCUT2D eigenvalue weighted by Gasteiger charge is -2.08. The maximum atomic E-state index is 10.5. The van der Waals surface area contributed by atoms with Crippen LogP contribution in [0, 0.1) is 0 Å². The Balaban J connectivity index is 0.000000293. The van der Waals surface area contributed by atoms with E-state index in [0.717, 1.165) is 0 Å². The Bertz CT molecular complexity index is 133. The van der Waals surface area contributed by atoms with Crippen molar-refractivity contribution in [2.24, 2.45) is 0 Å². The summed E-state index contributed by atoms with van der Waals surface area (Å²) in [6.07, 6.45) is 4.85. The molecule has 1 fully saturated rings. The van der Waals surface area contributed by atoms with Gasteiger partial charge in [0.25, 0.3) is 0 Å². The van der Waals surface area contributed by atoms with Crippen LogP contribution in [-0.2, 0) is 9.53 Å². The Hall–Kier alpha value is -0.570. The Morgan fingerprint density at radius 3 is 1.62 bits per heavy atom. The van der Waals surface area contributed by atoms with Gasteiger partial charge in [-0.2, -0.15) is 0 Å². The molecule has 0 aromatic heterocycles. The molecule has 3 heteroatoms. The second kappa shape index (κ2) is 6.89. The van der Waals surface area contributed by atoms with E-state index in [1.54, 1.807) is 13.8 Å². The van der Waals surface area contributed by atoms with Crippen molar-refractivity contribution in [1.29, 1.82) is 0 Å². The Labute approximate surface area is 80.1 Å². The van der Waals surface area contributed by atoms with E-state index in [2.05, 4.69) is 4.74 Å². The highest BCUT2D eigenvalue weighted by Gasteiger charge is 2.10. The molecule has 0 spiro atoms. The number of hydrogen-bond donors (Lipinski definition) is 1. The number of carbonyl (C=O) groups is 1. The molecule has 13 heavy (non-hydrogen) atoms. The molecule has 0 bridgehead atoms. The molecule has 1 saturated carbocycles. The van der Waals surface area contributed by atoms with Crippen molar-refractivity contribution in [2.45, 2.75) is 58.7 Å². The zero-order valence-corrected chi connectivity index (χ0v) is 8.75. The van der Waals surface area contributed by atoms with Gasteiger partial charge in [-0.1, -0.05) is 25.7 Å². The molecule has 0 aromatic carbocycles. The van der Waals surface area contributed by atoms with Crippen LogP contribution < -0.4 is 0 Å². The van der Waals surface area contributed by atoms with Gasteiger partial charge in [-0.25, -0.2) is 4.79 Å². The molecule has 3 nitrogen and oxygen atoms in total. The van der Waals surface area contributed by atoms with Gasteiger partial charge in [0, 0.05) is 0 Å². The van der Waals surface area contributed by atoms with Crippen LogP contribution >= 0.6 is 0 Å². The van der Waals surface area contributed by atoms with Crippen molar-refractivity contribution < 1.29 is 14.6 Å². The van der Waals surface area contributed by atoms with Crippen LogP contribution in [-0.4, -0.2) is 23.3 Å².